The summed E-state index contributed by atoms with van der Waals surface area (Å²) in [6.45, 7) is 3.99. The first-order valence-corrected chi connectivity index (χ1v) is 11.7. The van der Waals surface area contributed by atoms with Crippen molar-refractivity contribution < 1.29 is 8.42 Å². The average molecular weight is 419 g/mol. The fourth-order valence-electron chi connectivity index (χ4n) is 3.75. The molecule has 3 aromatic rings. The number of nitrogens with zero attached hydrogens (tertiary/aromatic N) is 2. The Labute approximate surface area is 178 Å². The predicted molar refractivity (Wildman–Crippen MR) is 121 cm³/mol. The molecule has 0 N–H and O–H groups in total. The van der Waals surface area contributed by atoms with Crippen LogP contribution in [0.15, 0.2) is 88.9 Å². The van der Waals surface area contributed by atoms with E-state index in [-0.39, 0.29) is 10.9 Å². The molecule has 0 saturated heterocycles. The second-order valence-corrected chi connectivity index (χ2v) is 9.68. The van der Waals surface area contributed by atoms with Crippen molar-refractivity contribution in [1.82, 2.24) is 4.41 Å². The van der Waals surface area contributed by atoms with Crippen molar-refractivity contribution in [3.05, 3.63) is 101 Å². The van der Waals surface area contributed by atoms with E-state index >= 15 is 0 Å². The molecule has 0 bridgehead atoms. The largest absolute Gasteiger partial charge is 0.279 e. The second-order valence-electron chi connectivity index (χ2n) is 7.89. The van der Waals surface area contributed by atoms with E-state index in [1.54, 1.807) is 12.1 Å². The molecule has 1 aliphatic rings. The van der Waals surface area contributed by atoms with E-state index in [2.05, 4.69) is 0 Å². The van der Waals surface area contributed by atoms with Crippen molar-refractivity contribution in [3.8, 4) is 0 Å². The molecule has 5 heteroatoms. The molecule has 0 unspecified atom stereocenters. The number of hydrogen-bond acceptors (Lipinski definition) is 3. The molecule has 0 spiro atoms. The Morgan fingerprint density at radius 3 is 2.10 bits per heavy atom. The number of sulfonamides is 1. The Bertz CT molecular complexity index is 1140. The number of rotatable bonds is 5. The van der Waals surface area contributed by atoms with E-state index in [0.29, 0.717) is 6.42 Å². The highest BCUT2D eigenvalue weighted by Crippen LogP contribution is 2.29. The Kier molecular flexibility index (Phi) is 5.73. The maximum absolute atomic E-state index is 13.5. The fourth-order valence-corrected chi connectivity index (χ4v) is 5.22. The van der Waals surface area contributed by atoms with Crippen LogP contribution in [0.3, 0.4) is 0 Å². The molecule has 4 rings (SSSR count). The monoisotopic (exact) mass is 418 g/mol. The molecule has 1 atom stereocenters. The summed E-state index contributed by atoms with van der Waals surface area (Å²) >= 11 is 0. The van der Waals surface area contributed by atoms with Gasteiger partial charge in [0, 0.05) is 0 Å². The molecule has 154 valence electrons. The first-order chi connectivity index (χ1) is 14.4. The lowest BCUT2D eigenvalue weighted by Crippen LogP contribution is -2.41. The van der Waals surface area contributed by atoms with Crippen LogP contribution in [0.5, 0.6) is 0 Å². The minimum Gasteiger partial charge on any atom is -0.200 e. The van der Waals surface area contributed by atoms with E-state index < -0.39 is 10.0 Å². The van der Waals surface area contributed by atoms with E-state index in [9.17, 15) is 8.42 Å². The molecule has 0 radical (unpaired) electrons. The highest BCUT2D eigenvalue weighted by Gasteiger charge is 2.34. The lowest BCUT2D eigenvalue weighted by Gasteiger charge is -2.33. The zero-order valence-electron chi connectivity index (χ0n) is 17.3. The topological polar surface area (TPSA) is 49.7 Å². The predicted octanol–water partition coefficient (Wildman–Crippen LogP) is 5.10. The molecular weight excluding hydrogens is 392 g/mol. The van der Waals surface area contributed by atoms with Crippen LogP contribution in [0, 0.1) is 13.8 Å². The molecule has 1 heterocycles. The summed E-state index contributed by atoms with van der Waals surface area (Å²) in [6.07, 6.45) is 2.11. The summed E-state index contributed by atoms with van der Waals surface area (Å²) in [4.78, 5) is 0.278. The Hall–Kier alpha value is -2.92. The first-order valence-electron chi connectivity index (χ1n) is 10.2. The van der Waals surface area contributed by atoms with E-state index in [1.165, 1.54) is 9.98 Å². The van der Waals surface area contributed by atoms with Gasteiger partial charge in [0.2, 0.25) is 0 Å². The Morgan fingerprint density at radius 1 is 0.867 bits per heavy atom. The summed E-state index contributed by atoms with van der Waals surface area (Å²) < 4.78 is 28.4. The molecule has 0 fully saturated rings. The van der Waals surface area contributed by atoms with Crippen LogP contribution in [0.1, 0.15) is 35.1 Å². The second kappa shape index (κ2) is 8.44. The fraction of sp³-hybridized carbons (Fsp3) is 0.240. The van der Waals surface area contributed by atoms with Gasteiger partial charge in [0.05, 0.1) is 16.6 Å². The third kappa shape index (κ3) is 4.31. The van der Waals surface area contributed by atoms with Gasteiger partial charge in [-0.25, -0.2) is 0 Å². The van der Waals surface area contributed by atoms with Gasteiger partial charge in [0.25, 0.3) is 10.0 Å². The standard InChI is InChI=1S/C25H26N2O2S/c1-19-8-12-22(13-9-19)25-17-14-23(18-21-6-4-3-5-7-21)27(26-25)30(28,29)24-15-10-20(2)11-16-24/h3-13,15-16,23H,14,17-18H2,1-2H3/t23-/m0/s1. The van der Waals surface area contributed by atoms with E-state index in [1.807, 2.05) is 80.6 Å². The number of hydrogen-bond donors (Lipinski definition) is 0. The molecule has 4 nitrogen and oxygen atoms in total. The number of aryl methyl sites for hydroxylation is 2. The van der Waals surface area contributed by atoms with Crippen molar-refractivity contribution >= 4 is 15.7 Å². The van der Waals surface area contributed by atoms with Crippen LogP contribution in [-0.4, -0.2) is 24.6 Å². The van der Waals surface area contributed by atoms with Crippen molar-refractivity contribution in [3.63, 3.8) is 0 Å². The quantitative estimate of drug-likeness (QED) is 0.579. The maximum atomic E-state index is 13.5. The number of hydrazone groups is 1. The van der Waals surface area contributed by atoms with Gasteiger partial charge < -0.3 is 0 Å². The van der Waals surface area contributed by atoms with Crippen LogP contribution in [0.2, 0.25) is 0 Å². The average Bonchev–Trinajstić information content (AvgIpc) is 2.75. The smallest absolute Gasteiger partial charge is 0.200 e. The van der Waals surface area contributed by atoms with Gasteiger partial charge in [-0.2, -0.15) is 17.9 Å². The highest BCUT2D eigenvalue weighted by molar-refractivity contribution is 7.89. The zero-order chi connectivity index (χ0) is 21.1. The summed E-state index contributed by atoms with van der Waals surface area (Å²) in [5.41, 5.74) is 5.09. The van der Waals surface area contributed by atoms with Gasteiger partial charge in [-0.3, -0.25) is 0 Å². The number of benzene rings is 3. The molecular formula is C25H26N2O2S. The van der Waals surface area contributed by atoms with Crippen molar-refractivity contribution in [2.45, 2.75) is 44.0 Å². The summed E-state index contributed by atoms with van der Waals surface area (Å²) in [6, 6.07) is 24.9. The summed E-state index contributed by atoms with van der Waals surface area (Å²) in [5.74, 6) is 0. The Morgan fingerprint density at radius 2 is 1.47 bits per heavy atom. The first kappa shape index (κ1) is 20.4. The summed E-state index contributed by atoms with van der Waals surface area (Å²) in [5, 5.41) is 4.69. The maximum Gasteiger partial charge on any atom is 0.279 e. The lowest BCUT2D eigenvalue weighted by atomic mass is 9.96. The van der Waals surface area contributed by atoms with Crippen LogP contribution < -0.4 is 0 Å². The Balaban J connectivity index is 1.74. The normalized spacial score (nSPS) is 16.9. The van der Waals surface area contributed by atoms with Crippen LogP contribution in [-0.2, 0) is 16.4 Å². The van der Waals surface area contributed by atoms with Crippen LogP contribution in [0.25, 0.3) is 0 Å². The van der Waals surface area contributed by atoms with Crippen molar-refractivity contribution in [2.75, 3.05) is 0 Å². The van der Waals surface area contributed by atoms with Crippen LogP contribution >= 0.6 is 0 Å². The van der Waals surface area contributed by atoms with Gasteiger partial charge in [-0.15, -0.1) is 0 Å². The molecule has 0 saturated carbocycles. The minimum absolute atomic E-state index is 0.215. The van der Waals surface area contributed by atoms with Gasteiger partial charge in [0.15, 0.2) is 0 Å². The third-order valence-electron chi connectivity index (χ3n) is 5.51. The molecule has 0 aromatic heterocycles. The molecule has 1 aliphatic heterocycles. The SMILES string of the molecule is Cc1ccc(C2=NN(S(=O)(=O)c3ccc(C)cc3)[C@H](Cc3ccccc3)CC2)cc1. The minimum atomic E-state index is -3.75. The molecule has 0 aliphatic carbocycles. The molecule has 0 amide bonds. The lowest BCUT2D eigenvalue weighted by molar-refractivity contribution is 0.301. The molecule has 30 heavy (non-hydrogen) atoms. The zero-order valence-corrected chi connectivity index (χ0v) is 18.1. The van der Waals surface area contributed by atoms with Crippen LogP contribution in [0.4, 0.5) is 0 Å². The van der Waals surface area contributed by atoms with Gasteiger partial charge in [-0.1, -0.05) is 77.9 Å². The van der Waals surface area contributed by atoms with Gasteiger partial charge in [0.1, 0.15) is 0 Å². The third-order valence-corrected chi connectivity index (χ3v) is 7.25. The van der Waals surface area contributed by atoms with E-state index in [0.717, 1.165) is 35.2 Å². The van der Waals surface area contributed by atoms with Crippen molar-refractivity contribution in [2.24, 2.45) is 5.10 Å². The highest BCUT2D eigenvalue weighted by atomic mass is 32.2. The molecule has 3 aromatic carbocycles. The van der Waals surface area contributed by atoms with Crippen molar-refractivity contribution in [1.29, 1.82) is 0 Å². The van der Waals surface area contributed by atoms with Gasteiger partial charge in [-0.05, 0) is 56.4 Å². The van der Waals surface area contributed by atoms with Gasteiger partial charge >= 0.3 is 0 Å². The summed E-state index contributed by atoms with van der Waals surface area (Å²) in [7, 11) is -3.75. The van der Waals surface area contributed by atoms with E-state index in [4.69, 9.17) is 5.10 Å².